The van der Waals surface area contributed by atoms with Crippen LogP contribution in [0.25, 0.3) is 0 Å². The number of anilines is 1. The smallest absolute Gasteiger partial charge is 0.190 e. The molecule has 0 atom stereocenters. The third-order valence-corrected chi connectivity index (χ3v) is 4.47. The number of hydrogen-bond donors (Lipinski definition) is 1. The zero-order valence-corrected chi connectivity index (χ0v) is 12.0. The predicted molar refractivity (Wildman–Crippen MR) is 84.3 cm³/mol. The first-order valence-corrected chi connectivity index (χ1v) is 7.52. The Morgan fingerprint density at radius 3 is 2.55 bits per heavy atom. The minimum absolute atomic E-state index is 0.0908. The maximum atomic E-state index is 12.4. The summed E-state index contributed by atoms with van der Waals surface area (Å²) in [6.07, 6.45) is 0. The molecule has 0 unspecified atom stereocenters. The summed E-state index contributed by atoms with van der Waals surface area (Å²) in [6, 6.07) is 17.6. The van der Waals surface area contributed by atoms with Gasteiger partial charge in [0.05, 0.1) is 5.69 Å². The van der Waals surface area contributed by atoms with E-state index in [0.717, 1.165) is 28.3 Å². The summed E-state index contributed by atoms with van der Waals surface area (Å²) in [4.78, 5) is 13.7. The second-order valence-electron chi connectivity index (χ2n) is 4.71. The van der Waals surface area contributed by atoms with E-state index in [0.29, 0.717) is 0 Å². The number of fused-ring (bicyclic) bond motifs is 1. The molecule has 1 N–H and O–H groups in total. The number of allylic oxidation sites excluding steroid dienone is 1. The summed E-state index contributed by atoms with van der Waals surface area (Å²) >= 11 is 1.77. The first-order valence-electron chi connectivity index (χ1n) is 6.54. The van der Waals surface area contributed by atoms with Crippen molar-refractivity contribution in [1.82, 2.24) is 0 Å². The van der Waals surface area contributed by atoms with Crippen molar-refractivity contribution < 1.29 is 4.79 Å². The van der Waals surface area contributed by atoms with E-state index in [1.165, 1.54) is 4.90 Å². The molecule has 0 aliphatic carbocycles. The molecule has 3 rings (SSSR count). The van der Waals surface area contributed by atoms with Gasteiger partial charge in [0.15, 0.2) is 5.78 Å². The highest BCUT2D eigenvalue weighted by molar-refractivity contribution is 7.99. The monoisotopic (exact) mass is 281 g/mol. The number of ketones is 1. The van der Waals surface area contributed by atoms with Gasteiger partial charge in [-0.2, -0.15) is 0 Å². The number of Topliss-reactive ketones (excluding diaryl/α,β-unsaturated/α-hetero) is 1. The van der Waals surface area contributed by atoms with Crippen LogP contribution in [-0.2, 0) is 0 Å². The lowest BCUT2D eigenvalue weighted by Crippen LogP contribution is -2.14. The largest absolute Gasteiger partial charge is 0.357 e. The number of benzene rings is 2. The fourth-order valence-corrected chi connectivity index (χ4v) is 3.23. The molecule has 2 nitrogen and oxygen atoms in total. The lowest BCUT2D eigenvalue weighted by molar-refractivity contribution is 0.103. The maximum Gasteiger partial charge on any atom is 0.190 e. The van der Waals surface area contributed by atoms with Crippen molar-refractivity contribution in [1.29, 1.82) is 0 Å². The lowest BCUT2D eigenvalue weighted by atomic mass is 10.0. The van der Waals surface area contributed by atoms with E-state index in [1.54, 1.807) is 11.8 Å². The summed E-state index contributed by atoms with van der Waals surface area (Å²) in [6.45, 7) is 1.90. The first-order chi connectivity index (χ1) is 9.75. The standard InChI is InChI=1S/C17H15NOS/c1-12(17(19)13-7-3-2-4-8-13)15-11-20-16-10-6-5-9-14(16)18-15/h2-10,18H,11H2,1H3/b15-12-. The normalized spacial score (nSPS) is 16.1. The molecule has 0 aromatic heterocycles. The Kier molecular flexibility index (Phi) is 3.61. The first kappa shape index (κ1) is 13.0. The Balaban J connectivity index is 1.90. The molecule has 2 aromatic carbocycles. The van der Waals surface area contributed by atoms with Gasteiger partial charge in [-0.3, -0.25) is 4.79 Å². The molecule has 100 valence electrons. The fraction of sp³-hybridized carbons (Fsp3) is 0.118. The van der Waals surface area contributed by atoms with Crippen LogP contribution in [0.3, 0.4) is 0 Å². The Labute approximate surface area is 122 Å². The number of nitrogens with one attached hydrogen (secondary N) is 1. The summed E-state index contributed by atoms with van der Waals surface area (Å²) in [5, 5.41) is 3.39. The van der Waals surface area contributed by atoms with Crippen LogP contribution in [0.4, 0.5) is 5.69 Å². The number of thioether (sulfide) groups is 1. The minimum atomic E-state index is 0.0908. The quantitative estimate of drug-likeness (QED) is 0.655. The molecular formula is C17H15NOS. The van der Waals surface area contributed by atoms with Gasteiger partial charge in [-0.25, -0.2) is 0 Å². The summed E-state index contributed by atoms with van der Waals surface area (Å²) in [5.41, 5.74) is 3.61. The molecule has 0 spiro atoms. The highest BCUT2D eigenvalue weighted by Gasteiger charge is 2.18. The Bertz CT molecular complexity index is 676. The van der Waals surface area contributed by atoms with Crippen molar-refractivity contribution in [3.05, 3.63) is 71.4 Å². The van der Waals surface area contributed by atoms with E-state index in [2.05, 4.69) is 11.4 Å². The van der Waals surface area contributed by atoms with E-state index in [9.17, 15) is 4.79 Å². The molecule has 0 saturated heterocycles. The Morgan fingerprint density at radius 1 is 1.05 bits per heavy atom. The van der Waals surface area contributed by atoms with Crippen molar-refractivity contribution in [3.8, 4) is 0 Å². The van der Waals surface area contributed by atoms with E-state index >= 15 is 0 Å². The topological polar surface area (TPSA) is 29.1 Å². The van der Waals surface area contributed by atoms with Crippen LogP contribution in [-0.4, -0.2) is 11.5 Å². The number of hydrogen-bond acceptors (Lipinski definition) is 3. The summed E-state index contributed by atoms with van der Waals surface area (Å²) in [7, 11) is 0. The molecule has 0 amide bonds. The van der Waals surface area contributed by atoms with E-state index < -0.39 is 0 Å². The molecule has 0 bridgehead atoms. The lowest BCUT2D eigenvalue weighted by Gasteiger charge is -2.22. The van der Waals surface area contributed by atoms with Crippen LogP contribution in [0.5, 0.6) is 0 Å². The van der Waals surface area contributed by atoms with Crippen LogP contribution < -0.4 is 5.32 Å². The van der Waals surface area contributed by atoms with Gasteiger partial charge in [0.2, 0.25) is 0 Å². The predicted octanol–water partition coefficient (Wildman–Crippen LogP) is 4.36. The van der Waals surface area contributed by atoms with Crippen LogP contribution in [0.1, 0.15) is 17.3 Å². The fourth-order valence-electron chi connectivity index (χ4n) is 2.19. The molecule has 1 aliphatic heterocycles. The van der Waals surface area contributed by atoms with Crippen LogP contribution in [0, 0.1) is 0 Å². The second kappa shape index (κ2) is 5.55. The van der Waals surface area contributed by atoms with Gasteiger partial charge in [-0.05, 0) is 19.1 Å². The second-order valence-corrected chi connectivity index (χ2v) is 5.73. The third kappa shape index (κ3) is 2.49. The van der Waals surface area contributed by atoms with Crippen LogP contribution in [0.15, 0.2) is 70.8 Å². The number of carbonyl (C=O) groups excluding carboxylic acids is 1. The Morgan fingerprint density at radius 2 is 1.75 bits per heavy atom. The molecular weight excluding hydrogens is 266 g/mol. The molecule has 20 heavy (non-hydrogen) atoms. The molecule has 0 radical (unpaired) electrons. The van der Waals surface area contributed by atoms with Gasteiger partial charge < -0.3 is 5.32 Å². The zero-order chi connectivity index (χ0) is 13.9. The molecule has 3 heteroatoms. The van der Waals surface area contributed by atoms with E-state index in [-0.39, 0.29) is 5.78 Å². The van der Waals surface area contributed by atoms with E-state index in [4.69, 9.17) is 0 Å². The zero-order valence-electron chi connectivity index (χ0n) is 11.2. The average Bonchev–Trinajstić information content (AvgIpc) is 2.54. The number of carbonyl (C=O) groups is 1. The van der Waals surface area contributed by atoms with Gasteiger partial charge in [-0.1, -0.05) is 42.5 Å². The number of para-hydroxylation sites is 1. The van der Waals surface area contributed by atoms with Crippen molar-refractivity contribution in [3.63, 3.8) is 0 Å². The van der Waals surface area contributed by atoms with Gasteiger partial charge in [-0.15, -0.1) is 11.8 Å². The van der Waals surface area contributed by atoms with Gasteiger partial charge in [0, 0.05) is 27.5 Å². The number of rotatable bonds is 2. The highest BCUT2D eigenvalue weighted by atomic mass is 32.2. The van der Waals surface area contributed by atoms with Crippen molar-refractivity contribution in [2.75, 3.05) is 11.1 Å². The SMILES string of the molecule is C/C(C(=O)c1ccccc1)=C1\CSc2ccccc2N1. The van der Waals surface area contributed by atoms with E-state index in [1.807, 2.05) is 55.5 Å². The van der Waals surface area contributed by atoms with Gasteiger partial charge >= 0.3 is 0 Å². The molecule has 0 fully saturated rings. The summed E-state index contributed by atoms with van der Waals surface area (Å²) < 4.78 is 0. The van der Waals surface area contributed by atoms with Gasteiger partial charge in [0.25, 0.3) is 0 Å². The average molecular weight is 281 g/mol. The highest BCUT2D eigenvalue weighted by Crippen LogP contribution is 2.35. The van der Waals surface area contributed by atoms with Crippen molar-refractivity contribution in [2.24, 2.45) is 0 Å². The van der Waals surface area contributed by atoms with Crippen LogP contribution >= 0.6 is 11.8 Å². The van der Waals surface area contributed by atoms with Gasteiger partial charge in [0.1, 0.15) is 0 Å². The molecule has 0 saturated carbocycles. The minimum Gasteiger partial charge on any atom is -0.357 e. The Hall–Kier alpha value is -2.00. The van der Waals surface area contributed by atoms with Crippen LogP contribution in [0.2, 0.25) is 0 Å². The molecule has 2 aromatic rings. The summed E-state index contributed by atoms with van der Waals surface area (Å²) in [5.74, 6) is 0.898. The van der Waals surface area contributed by atoms with Crippen molar-refractivity contribution in [2.45, 2.75) is 11.8 Å². The van der Waals surface area contributed by atoms with Crippen molar-refractivity contribution >= 4 is 23.2 Å². The maximum absolute atomic E-state index is 12.4. The molecule has 1 aliphatic rings. The molecule has 1 heterocycles. The third-order valence-electron chi connectivity index (χ3n) is 3.37.